The number of ketones is 1. The monoisotopic (exact) mass is 246 g/mol. The van der Waals surface area contributed by atoms with E-state index in [1.54, 1.807) is 12.1 Å². The Hall–Kier alpha value is -1.71. The maximum absolute atomic E-state index is 12.0. The van der Waals surface area contributed by atoms with Gasteiger partial charge in [0, 0.05) is 12.1 Å². The number of carbonyl (C=O) groups excluding carboxylic acids is 2. The predicted molar refractivity (Wildman–Crippen MR) is 68.3 cm³/mol. The van der Waals surface area contributed by atoms with Crippen LogP contribution in [0.2, 0.25) is 0 Å². The number of nitrogens with one attached hydrogen (secondary N) is 1. The van der Waals surface area contributed by atoms with Crippen molar-refractivity contribution in [1.29, 1.82) is 0 Å². The number of Topliss-reactive ketones (excluding diaryl/α,β-unsaturated/α-hetero) is 1. The van der Waals surface area contributed by atoms with Gasteiger partial charge in [-0.3, -0.25) is 9.59 Å². The molecule has 1 amide bonds. The van der Waals surface area contributed by atoms with Crippen LogP contribution in [0.25, 0.3) is 0 Å². The van der Waals surface area contributed by atoms with Crippen LogP contribution >= 0.6 is 0 Å². The summed E-state index contributed by atoms with van der Waals surface area (Å²) in [6.45, 7) is 1.84. The van der Waals surface area contributed by atoms with E-state index in [0.717, 1.165) is 31.4 Å². The van der Waals surface area contributed by atoms with Gasteiger partial charge in [-0.1, -0.05) is 18.9 Å². The van der Waals surface area contributed by atoms with Gasteiger partial charge in [0.25, 0.3) is 5.91 Å². The summed E-state index contributed by atoms with van der Waals surface area (Å²) in [6.07, 6.45) is 4.33. The Bertz CT molecular complexity index is 457. The van der Waals surface area contributed by atoms with Gasteiger partial charge in [0.05, 0.1) is 6.04 Å². The molecule has 0 spiro atoms. The van der Waals surface area contributed by atoms with Crippen LogP contribution in [0.5, 0.6) is 0 Å². The van der Waals surface area contributed by atoms with Gasteiger partial charge in [0.2, 0.25) is 0 Å². The maximum Gasteiger partial charge on any atom is 0.270 e. The molecular formula is C14H18N2O2. The van der Waals surface area contributed by atoms with Crippen molar-refractivity contribution in [2.45, 2.75) is 45.1 Å². The molecule has 0 bridgehead atoms. The lowest BCUT2D eigenvalue weighted by molar-refractivity contribution is -0.120. The summed E-state index contributed by atoms with van der Waals surface area (Å²) in [6, 6.07) is 4.98. The zero-order valence-electron chi connectivity index (χ0n) is 10.6. The molecular weight excluding hydrogens is 228 g/mol. The molecule has 4 nitrogen and oxygen atoms in total. The molecule has 18 heavy (non-hydrogen) atoms. The van der Waals surface area contributed by atoms with Gasteiger partial charge in [0.1, 0.15) is 5.69 Å². The number of aromatic nitrogens is 1. The summed E-state index contributed by atoms with van der Waals surface area (Å²) in [5.74, 6) is -0.104. The van der Waals surface area contributed by atoms with Crippen molar-refractivity contribution in [2.24, 2.45) is 0 Å². The van der Waals surface area contributed by atoms with Gasteiger partial charge in [-0.2, -0.15) is 0 Å². The topological polar surface area (TPSA) is 59.1 Å². The quantitative estimate of drug-likeness (QED) is 0.812. The highest BCUT2D eigenvalue weighted by atomic mass is 16.2. The van der Waals surface area contributed by atoms with Crippen molar-refractivity contribution in [3.05, 3.63) is 29.6 Å². The van der Waals surface area contributed by atoms with Gasteiger partial charge in [-0.25, -0.2) is 4.98 Å². The minimum atomic E-state index is -0.331. The number of nitrogens with zero attached hydrogens (tertiary/aromatic N) is 1. The van der Waals surface area contributed by atoms with Crippen molar-refractivity contribution in [3.63, 3.8) is 0 Å². The van der Waals surface area contributed by atoms with Gasteiger partial charge in [-0.05, 0) is 31.9 Å². The second-order valence-electron chi connectivity index (χ2n) is 4.76. The van der Waals surface area contributed by atoms with Crippen LogP contribution in [0.4, 0.5) is 0 Å². The Morgan fingerprint density at radius 3 is 2.94 bits per heavy atom. The minimum Gasteiger partial charge on any atom is -0.341 e. The second kappa shape index (κ2) is 5.76. The van der Waals surface area contributed by atoms with E-state index in [2.05, 4.69) is 10.3 Å². The first-order valence-electron chi connectivity index (χ1n) is 6.44. The molecule has 0 radical (unpaired) electrons. The Morgan fingerprint density at radius 1 is 1.33 bits per heavy atom. The van der Waals surface area contributed by atoms with E-state index in [1.807, 2.05) is 13.0 Å². The number of carbonyl (C=O) groups is 2. The molecule has 96 valence electrons. The first kappa shape index (κ1) is 12.7. The molecule has 4 heteroatoms. The third-order valence-electron chi connectivity index (χ3n) is 3.23. The molecule has 1 atom stereocenters. The molecule has 2 rings (SSSR count). The lowest BCUT2D eigenvalue weighted by Gasteiger charge is -2.14. The lowest BCUT2D eigenvalue weighted by atomic mass is 10.1. The van der Waals surface area contributed by atoms with Crippen molar-refractivity contribution >= 4 is 11.7 Å². The Balaban J connectivity index is 2.04. The number of amides is 1. The second-order valence-corrected chi connectivity index (χ2v) is 4.76. The molecule has 0 aliphatic heterocycles. The van der Waals surface area contributed by atoms with Crippen LogP contribution in [0, 0.1) is 6.92 Å². The fourth-order valence-electron chi connectivity index (χ4n) is 2.21. The number of aryl methyl sites for hydroxylation is 1. The third-order valence-corrected chi connectivity index (χ3v) is 3.23. The van der Waals surface area contributed by atoms with E-state index in [0.29, 0.717) is 12.1 Å². The molecule has 0 saturated heterocycles. The molecule has 0 unspecified atom stereocenters. The van der Waals surface area contributed by atoms with Gasteiger partial charge in [-0.15, -0.1) is 0 Å². The van der Waals surface area contributed by atoms with E-state index in [4.69, 9.17) is 0 Å². The third kappa shape index (κ3) is 3.15. The van der Waals surface area contributed by atoms with E-state index in [1.165, 1.54) is 0 Å². The van der Waals surface area contributed by atoms with Crippen LogP contribution < -0.4 is 5.32 Å². The van der Waals surface area contributed by atoms with Crippen LogP contribution in [0.1, 0.15) is 48.3 Å². The normalized spacial score (nSPS) is 20.3. The molecule has 1 aromatic heterocycles. The minimum absolute atomic E-state index is 0.147. The molecule has 1 aliphatic carbocycles. The highest BCUT2D eigenvalue weighted by molar-refractivity contribution is 5.96. The lowest BCUT2D eigenvalue weighted by Crippen LogP contribution is -2.40. The molecule has 1 heterocycles. The van der Waals surface area contributed by atoms with Gasteiger partial charge in [0.15, 0.2) is 5.78 Å². The Morgan fingerprint density at radius 2 is 2.17 bits per heavy atom. The fraction of sp³-hybridized carbons (Fsp3) is 0.500. The maximum atomic E-state index is 12.0. The first-order chi connectivity index (χ1) is 8.66. The van der Waals surface area contributed by atoms with E-state index < -0.39 is 0 Å². The van der Waals surface area contributed by atoms with Crippen LogP contribution in [0.3, 0.4) is 0 Å². The van der Waals surface area contributed by atoms with Gasteiger partial charge >= 0.3 is 0 Å². The SMILES string of the molecule is Cc1cccc(C(=O)N[C@H]2CCCCCC2=O)n1. The van der Waals surface area contributed by atoms with E-state index >= 15 is 0 Å². The Kier molecular flexibility index (Phi) is 4.07. The summed E-state index contributed by atoms with van der Waals surface area (Å²) in [4.78, 5) is 28.0. The molecule has 0 aromatic carbocycles. The van der Waals surface area contributed by atoms with Crippen LogP contribution in [-0.4, -0.2) is 22.7 Å². The average Bonchev–Trinajstić information content (AvgIpc) is 2.55. The Labute approximate surface area is 107 Å². The summed E-state index contributed by atoms with van der Waals surface area (Å²) in [5, 5.41) is 2.80. The van der Waals surface area contributed by atoms with Crippen molar-refractivity contribution < 1.29 is 9.59 Å². The fourth-order valence-corrected chi connectivity index (χ4v) is 2.21. The van der Waals surface area contributed by atoms with Crippen LogP contribution in [-0.2, 0) is 4.79 Å². The van der Waals surface area contributed by atoms with Crippen molar-refractivity contribution in [1.82, 2.24) is 10.3 Å². The average molecular weight is 246 g/mol. The number of rotatable bonds is 2. The number of pyridine rings is 1. The predicted octanol–water partition coefficient (Wildman–Crippen LogP) is 2.02. The standard InChI is InChI=1S/C14H18N2O2/c1-10-6-5-8-12(15-10)14(18)16-11-7-3-2-4-9-13(11)17/h5-6,8,11H,2-4,7,9H2,1H3,(H,16,18)/t11-/m0/s1. The summed E-state index contributed by atoms with van der Waals surface area (Å²) < 4.78 is 0. The zero-order chi connectivity index (χ0) is 13.0. The van der Waals surface area contributed by atoms with E-state index in [-0.39, 0.29) is 17.7 Å². The van der Waals surface area contributed by atoms with E-state index in [9.17, 15) is 9.59 Å². The molecule has 1 aliphatic rings. The number of hydrogen-bond donors (Lipinski definition) is 1. The molecule has 1 aromatic rings. The molecule has 1 N–H and O–H groups in total. The summed E-state index contributed by atoms with van der Waals surface area (Å²) >= 11 is 0. The molecule has 1 saturated carbocycles. The summed E-state index contributed by atoms with van der Waals surface area (Å²) in [5.41, 5.74) is 1.18. The van der Waals surface area contributed by atoms with Crippen LogP contribution in [0.15, 0.2) is 18.2 Å². The largest absolute Gasteiger partial charge is 0.341 e. The van der Waals surface area contributed by atoms with Crippen molar-refractivity contribution in [3.8, 4) is 0 Å². The van der Waals surface area contributed by atoms with Gasteiger partial charge < -0.3 is 5.32 Å². The van der Waals surface area contributed by atoms with Crippen molar-refractivity contribution in [2.75, 3.05) is 0 Å². The number of hydrogen-bond acceptors (Lipinski definition) is 3. The smallest absolute Gasteiger partial charge is 0.270 e. The first-order valence-corrected chi connectivity index (χ1v) is 6.44. The highest BCUT2D eigenvalue weighted by Gasteiger charge is 2.23. The molecule has 1 fully saturated rings. The zero-order valence-corrected chi connectivity index (χ0v) is 10.6. The highest BCUT2D eigenvalue weighted by Crippen LogP contribution is 2.15. The summed E-state index contributed by atoms with van der Waals surface area (Å²) in [7, 11) is 0.